The fourth-order valence-corrected chi connectivity index (χ4v) is 4.02. The summed E-state index contributed by atoms with van der Waals surface area (Å²) in [5.74, 6) is 0.592. The topological polar surface area (TPSA) is 109 Å². The number of hydrogen-bond donors (Lipinski definition) is 3. The largest absolute Gasteiger partial charge is 0.446 e. The van der Waals surface area contributed by atoms with Crippen LogP contribution in [-0.4, -0.2) is 38.8 Å². The van der Waals surface area contributed by atoms with Gasteiger partial charge in [0.25, 0.3) is 0 Å². The van der Waals surface area contributed by atoms with E-state index in [1.54, 1.807) is 6.20 Å². The van der Waals surface area contributed by atoms with E-state index in [9.17, 15) is 9.59 Å². The highest BCUT2D eigenvalue weighted by atomic mass is 32.1. The molecule has 0 aromatic carbocycles. The fourth-order valence-electron chi connectivity index (χ4n) is 3.23. The number of carbonyl (C=O) groups is 2. The predicted molar refractivity (Wildman–Crippen MR) is 108 cm³/mol. The molecule has 3 rings (SSSR count). The van der Waals surface area contributed by atoms with Gasteiger partial charge < -0.3 is 15.4 Å². The van der Waals surface area contributed by atoms with Crippen LogP contribution in [0, 0.1) is 6.92 Å². The molecule has 2 atom stereocenters. The molecule has 1 aliphatic rings. The van der Waals surface area contributed by atoms with Crippen molar-refractivity contribution in [3.63, 3.8) is 0 Å². The number of aryl methyl sites for hydroxylation is 1. The van der Waals surface area contributed by atoms with Crippen LogP contribution in [0.4, 0.5) is 10.6 Å². The van der Waals surface area contributed by atoms with Crippen LogP contribution in [0.5, 0.6) is 0 Å². The molecule has 152 valence electrons. The lowest BCUT2D eigenvalue weighted by Crippen LogP contribution is -2.42. The van der Waals surface area contributed by atoms with Crippen molar-refractivity contribution in [2.45, 2.75) is 70.9 Å². The van der Waals surface area contributed by atoms with Gasteiger partial charge in [-0.15, -0.1) is 11.3 Å². The van der Waals surface area contributed by atoms with Crippen LogP contribution in [0.3, 0.4) is 0 Å². The van der Waals surface area contributed by atoms with Crippen molar-refractivity contribution in [3.8, 4) is 0 Å². The Balaban J connectivity index is 1.49. The van der Waals surface area contributed by atoms with Crippen LogP contribution in [0.25, 0.3) is 0 Å². The molecule has 1 fully saturated rings. The van der Waals surface area contributed by atoms with E-state index in [0.29, 0.717) is 5.82 Å². The van der Waals surface area contributed by atoms with E-state index in [4.69, 9.17) is 4.74 Å². The van der Waals surface area contributed by atoms with Gasteiger partial charge in [-0.1, -0.05) is 0 Å². The lowest BCUT2D eigenvalue weighted by atomic mass is 10.0. The van der Waals surface area contributed by atoms with Crippen LogP contribution in [0.15, 0.2) is 12.3 Å². The maximum Gasteiger partial charge on any atom is 0.407 e. The highest BCUT2D eigenvalue weighted by Crippen LogP contribution is 2.35. The molecule has 3 N–H and O–H groups in total. The molecule has 2 amide bonds. The molecule has 2 heterocycles. The van der Waals surface area contributed by atoms with Crippen molar-refractivity contribution in [3.05, 3.63) is 27.8 Å². The first kappa shape index (κ1) is 20.3. The van der Waals surface area contributed by atoms with Gasteiger partial charge in [-0.25, -0.2) is 9.78 Å². The zero-order valence-corrected chi connectivity index (χ0v) is 17.5. The monoisotopic (exact) mass is 405 g/mol. The molecule has 0 radical (unpaired) electrons. The molecule has 0 saturated heterocycles. The molecule has 8 nitrogen and oxygen atoms in total. The lowest BCUT2D eigenvalue weighted by Gasteiger charge is -2.22. The van der Waals surface area contributed by atoms with E-state index < -0.39 is 0 Å². The Morgan fingerprint density at radius 2 is 2.14 bits per heavy atom. The SMILES string of the molecule is Cc1cnc(CC(=O)Nc2cc([C@H]3CC[C@@H](OC(=O)NC(C)(C)C)C3)[nH]n2)s1. The van der Waals surface area contributed by atoms with Crippen molar-refractivity contribution in [2.24, 2.45) is 0 Å². The standard InChI is InChI=1S/C19H27N5O3S/c1-11-10-20-17(28-11)9-16(25)21-15-8-14(23-24-15)12-5-6-13(7-12)27-18(26)22-19(2,3)4/h8,10,12-13H,5-7,9H2,1-4H3,(H,22,26)(H2,21,23,24,25)/t12-,13+/m0/s1. The van der Waals surface area contributed by atoms with Crippen LogP contribution in [0.1, 0.15) is 61.5 Å². The normalized spacial score (nSPS) is 19.4. The van der Waals surface area contributed by atoms with Gasteiger partial charge in [-0.2, -0.15) is 5.10 Å². The number of amides is 2. The Morgan fingerprint density at radius 3 is 2.82 bits per heavy atom. The average molecular weight is 406 g/mol. The van der Waals surface area contributed by atoms with Gasteiger partial charge >= 0.3 is 6.09 Å². The third-order valence-corrected chi connectivity index (χ3v) is 5.33. The fraction of sp³-hybridized carbons (Fsp3) is 0.579. The number of nitrogens with one attached hydrogen (secondary N) is 3. The van der Waals surface area contributed by atoms with Crippen LogP contribution < -0.4 is 10.6 Å². The molecule has 0 unspecified atom stereocenters. The van der Waals surface area contributed by atoms with Crippen LogP contribution >= 0.6 is 11.3 Å². The molecule has 0 aliphatic heterocycles. The summed E-state index contributed by atoms with van der Waals surface area (Å²) in [6.45, 7) is 7.72. The number of nitrogens with zero attached hydrogens (tertiary/aromatic N) is 2. The quantitative estimate of drug-likeness (QED) is 0.705. The van der Waals surface area contributed by atoms with E-state index in [-0.39, 0.29) is 36.0 Å². The summed E-state index contributed by atoms with van der Waals surface area (Å²) < 4.78 is 5.52. The van der Waals surface area contributed by atoms with Gasteiger partial charge in [0.05, 0.1) is 6.42 Å². The van der Waals surface area contributed by atoms with Crippen molar-refractivity contribution >= 4 is 29.2 Å². The van der Waals surface area contributed by atoms with Gasteiger partial charge in [0, 0.05) is 34.3 Å². The minimum Gasteiger partial charge on any atom is -0.446 e. The zero-order chi connectivity index (χ0) is 20.3. The number of anilines is 1. The number of H-pyrrole nitrogens is 1. The molecule has 2 aromatic rings. The molecule has 28 heavy (non-hydrogen) atoms. The summed E-state index contributed by atoms with van der Waals surface area (Å²) in [6.07, 6.45) is 3.97. The number of alkyl carbamates (subject to hydrolysis) is 1. The van der Waals surface area contributed by atoms with Gasteiger partial charge in [0.15, 0.2) is 5.82 Å². The number of ether oxygens (including phenoxy) is 1. The number of thiazole rings is 1. The predicted octanol–water partition coefficient (Wildman–Crippen LogP) is 3.52. The van der Waals surface area contributed by atoms with E-state index in [2.05, 4.69) is 25.8 Å². The van der Waals surface area contributed by atoms with Gasteiger partial charge in [-0.3, -0.25) is 9.89 Å². The first-order valence-corrected chi connectivity index (χ1v) is 10.2. The van der Waals surface area contributed by atoms with E-state index in [1.807, 2.05) is 33.8 Å². The number of aromatic nitrogens is 3. The smallest absolute Gasteiger partial charge is 0.407 e. The molecule has 9 heteroatoms. The maximum absolute atomic E-state index is 12.1. The van der Waals surface area contributed by atoms with E-state index in [1.165, 1.54) is 11.3 Å². The van der Waals surface area contributed by atoms with Crippen molar-refractivity contribution in [2.75, 3.05) is 5.32 Å². The Morgan fingerprint density at radius 1 is 1.36 bits per heavy atom. The van der Waals surface area contributed by atoms with Crippen LogP contribution in [-0.2, 0) is 16.0 Å². The second kappa shape index (κ2) is 8.30. The second-order valence-electron chi connectivity index (χ2n) is 8.21. The first-order chi connectivity index (χ1) is 13.2. The zero-order valence-electron chi connectivity index (χ0n) is 16.7. The van der Waals surface area contributed by atoms with Crippen molar-refractivity contribution in [1.29, 1.82) is 0 Å². The van der Waals surface area contributed by atoms with Gasteiger partial charge in [0.1, 0.15) is 11.1 Å². The van der Waals surface area contributed by atoms with Gasteiger partial charge in [-0.05, 0) is 47.0 Å². The summed E-state index contributed by atoms with van der Waals surface area (Å²) in [7, 11) is 0. The van der Waals surface area contributed by atoms with E-state index >= 15 is 0 Å². The Labute approximate surface area is 168 Å². The molecule has 1 aliphatic carbocycles. The summed E-state index contributed by atoms with van der Waals surface area (Å²) in [5, 5.41) is 13.6. The molecule has 0 bridgehead atoms. The molecule has 1 saturated carbocycles. The second-order valence-corrected chi connectivity index (χ2v) is 9.53. The van der Waals surface area contributed by atoms with Crippen LogP contribution in [0.2, 0.25) is 0 Å². The number of rotatable bonds is 5. The summed E-state index contributed by atoms with van der Waals surface area (Å²) in [4.78, 5) is 29.4. The number of aromatic amines is 1. The van der Waals surface area contributed by atoms with Gasteiger partial charge in [0.2, 0.25) is 5.91 Å². The summed E-state index contributed by atoms with van der Waals surface area (Å²) in [6, 6.07) is 1.85. The number of hydrogen-bond acceptors (Lipinski definition) is 6. The summed E-state index contributed by atoms with van der Waals surface area (Å²) >= 11 is 1.51. The lowest BCUT2D eigenvalue weighted by molar-refractivity contribution is -0.115. The van der Waals surface area contributed by atoms with Crippen molar-refractivity contribution < 1.29 is 14.3 Å². The highest BCUT2D eigenvalue weighted by molar-refractivity contribution is 7.11. The summed E-state index contributed by atoms with van der Waals surface area (Å²) in [5.41, 5.74) is 0.630. The molecular formula is C19H27N5O3S. The Bertz CT molecular complexity index is 839. The Hall–Kier alpha value is -2.42. The molecule has 2 aromatic heterocycles. The third kappa shape index (κ3) is 5.79. The average Bonchev–Trinajstić information content (AvgIpc) is 3.27. The maximum atomic E-state index is 12.1. The minimum absolute atomic E-state index is 0.109. The van der Waals surface area contributed by atoms with E-state index in [0.717, 1.165) is 34.8 Å². The highest BCUT2D eigenvalue weighted by Gasteiger charge is 2.30. The van der Waals surface area contributed by atoms with Crippen molar-refractivity contribution in [1.82, 2.24) is 20.5 Å². The first-order valence-electron chi connectivity index (χ1n) is 9.43. The molecular weight excluding hydrogens is 378 g/mol. The minimum atomic E-state index is -0.381. The third-order valence-electron chi connectivity index (χ3n) is 4.42. The molecule has 0 spiro atoms. The number of carbonyl (C=O) groups excluding carboxylic acids is 2. The Kier molecular flexibility index (Phi) is 6.02.